The number of alkyl carbamates (subject to hydrolysis) is 1. The van der Waals surface area contributed by atoms with Gasteiger partial charge < -0.3 is 24.5 Å². The number of imidazole rings is 1. The highest BCUT2D eigenvalue weighted by molar-refractivity contribution is 5.87. The van der Waals surface area contributed by atoms with Gasteiger partial charge in [-0.1, -0.05) is 48.0 Å². The molecule has 42 heavy (non-hydrogen) atoms. The molecule has 4 aromatic rings. The lowest BCUT2D eigenvalue weighted by molar-refractivity contribution is -0.123. The van der Waals surface area contributed by atoms with Crippen molar-refractivity contribution in [1.82, 2.24) is 20.7 Å². The molecular weight excluding hydrogens is 534 g/mol. The topological polar surface area (TPSA) is 127 Å². The van der Waals surface area contributed by atoms with E-state index in [0.717, 1.165) is 11.1 Å². The molecule has 10 heteroatoms. The van der Waals surface area contributed by atoms with Crippen molar-refractivity contribution in [3.8, 4) is 11.5 Å². The summed E-state index contributed by atoms with van der Waals surface area (Å²) in [7, 11) is 1.57. The molecule has 3 N–H and O–H groups in total. The van der Waals surface area contributed by atoms with E-state index in [-0.39, 0.29) is 13.0 Å². The van der Waals surface area contributed by atoms with Crippen molar-refractivity contribution < 1.29 is 23.8 Å². The van der Waals surface area contributed by atoms with Gasteiger partial charge in [-0.2, -0.15) is 5.10 Å². The molecule has 0 aliphatic carbocycles. The number of methoxy groups -OCH3 is 1. The van der Waals surface area contributed by atoms with E-state index < -0.39 is 18.0 Å². The number of hydrogen-bond acceptors (Lipinski definition) is 7. The van der Waals surface area contributed by atoms with Gasteiger partial charge in [0.15, 0.2) is 11.5 Å². The molecule has 4 rings (SSSR count). The number of aromatic amines is 1. The van der Waals surface area contributed by atoms with Crippen LogP contribution in [0.4, 0.5) is 4.79 Å². The van der Waals surface area contributed by atoms with Crippen LogP contribution in [0.15, 0.2) is 78.3 Å². The summed E-state index contributed by atoms with van der Waals surface area (Å²) in [6, 6.07) is 18.0. The molecule has 0 fully saturated rings. The van der Waals surface area contributed by atoms with E-state index in [4.69, 9.17) is 14.2 Å². The summed E-state index contributed by atoms with van der Waals surface area (Å²) in [5, 5.41) is 6.69. The number of H-pyrrole nitrogens is 1. The number of nitrogens with zero attached hydrogens (tertiary/aromatic N) is 2. The van der Waals surface area contributed by atoms with Crippen LogP contribution in [0.5, 0.6) is 11.5 Å². The number of ether oxygens (including phenoxy) is 3. The second kappa shape index (κ2) is 14.5. The van der Waals surface area contributed by atoms with Crippen LogP contribution in [-0.4, -0.2) is 41.3 Å². The first kappa shape index (κ1) is 29.9. The fraction of sp³-hybridized carbons (Fsp3) is 0.250. The molecule has 0 radical (unpaired) electrons. The Morgan fingerprint density at radius 2 is 1.76 bits per heavy atom. The zero-order chi connectivity index (χ0) is 29.9. The smallest absolute Gasteiger partial charge is 0.408 e. The monoisotopic (exact) mass is 569 g/mol. The largest absolute Gasteiger partial charge is 0.493 e. The maximum atomic E-state index is 13.0. The molecule has 1 heterocycles. The lowest BCUT2D eigenvalue weighted by Gasteiger charge is -2.16. The minimum atomic E-state index is -0.954. The fourth-order valence-electron chi connectivity index (χ4n) is 4.45. The highest BCUT2D eigenvalue weighted by atomic mass is 16.5. The SMILES string of the molecule is COc1cc(/C=N\NC(=O)[C@@H](Cc2cnc[nH]2)NC(=O)OCc2ccccc2)ccc1OCc1c(C)cc(C)cc1C. The highest BCUT2D eigenvalue weighted by Crippen LogP contribution is 2.29. The standard InChI is InChI=1S/C32H35N5O5/c1-21-12-22(2)27(23(3)13-21)19-41-29-11-10-25(14-30(29)40-4)16-35-37-31(38)28(15-26-17-33-20-34-26)36-32(39)42-18-24-8-6-5-7-9-24/h5-14,16-17,20,28H,15,18-19H2,1-4H3,(H,33,34)(H,36,39)(H,37,38)/b35-16-/t28-/m1/s1. The van der Waals surface area contributed by atoms with Crippen molar-refractivity contribution in [2.75, 3.05) is 7.11 Å². The number of hydrazone groups is 1. The summed E-state index contributed by atoms with van der Waals surface area (Å²) in [6.07, 6.45) is 4.01. The Bertz CT molecular complexity index is 1500. The number of amides is 2. The summed E-state index contributed by atoms with van der Waals surface area (Å²) < 4.78 is 16.9. The molecule has 1 atom stereocenters. The number of carbonyl (C=O) groups excluding carboxylic acids is 2. The first-order valence-corrected chi connectivity index (χ1v) is 13.5. The Balaban J connectivity index is 1.37. The second-order valence-electron chi connectivity index (χ2n) is 9.85. The van der Waals surface area contributed by atoms with Gasteiger partial charge in [0.05, 0.1) is 19.7 Å². The number of rotatable bonds is 12. The molecule has 0 saturated heterocycles. The van der Waals surface area contributed by atoms with Crippen molar-refractivity contribution in [2.24, 2.45) is 5.10 Å². The Hall–Kier alpha value is -5.12. The average molecular weight is 570 g/mol. The van der Waals surface area contributed by atoms with Crippen molar-refractivity contribution in [3.63, 3.8) is 0 Å². The van der Waals surface area contributed by atoms with E-state index in [9.17, 15) is 9.59 Å². The number of nitrogens with one attached hydrogen (secondary N) is 3. The summed E-state index contributed by atoms with van der Waals surface area (Å²) in [6.45, 7) is 6.72. The van der Waals surface area contributed by atoms with Crippen molar-refractivity contribution >= 4 is 18.2 Å². The molecule has 0 saturated carbocycles. The van der Waals surface area contributed by atoms with Crippen LogP contribution < -0.4 is 20.2 Å². The van der Waals surface area contributed by atoms with Gasteiger partial charge >= 0.3 is 6.09 Å². The normalized spacial score (nSPS) is 11.6. The summed E-state index contributed by atoms with van der Waals surface area (Å²) in [4.78, 5) is 32.3. The van der Waals surface area contributed by atoms with Gasteiger partial charge in [-0.3, -0.25) is 4.79 Å². The second-order valence-corrected chi connectivity index (χ2v) is 9.85. The van der Waals surface area contributed by atoms with Crippen molar-refractivity contribution in [2.45, 2.75) is 46.4 Å². The number of aryl methyl sites for hydroxylation is 3. The van der Waals surface area contributed by atoms with Gasteiger partial charge in [0, 0.05) is 18.3 Å². The van der Waals surface area contributed by atoms with E-state index in [1.165, 1.54) is 29.2 Å². The molecule has 0 aliphatic heterocycles. The Morgan fingerprint density at radius 1 is 1.00 bits per heavy atom. The number of hydrogen-bond donors (Lipinski definition) is 3. The zero-order valence-corrected chi connectivity index (χ0v) is 24.1. The maximum Gasteiger partial charge on any atom is 0.408 e. The molecular formula is C32H35N5O5. The molecule has 0 aliphatic rings. The van der Waals surface area contributed by atoms with Crippen molar-refractivity contribution in [3.05, 3.63) is 112 Å². The third-order valence-corrected chi connectivity index (χ3v) is 6.59. The predicted molar refractivity (Wildman–Crippen MR) is 160 cm³/mol. The summed E-state index contributed by atoms with van der Waals surface area (Å²) >= 11 is 0. The third-order valence-electron chi connectivity index (χ3n) is 6.59. The molecule has 10 nitrogen and oxygen atoms in total. The van der Waals surface area contributed by atoms with E-state index in [2.05, 4.69) is 58.7 Å². The average Bonchev–Trinajstić information content (AvgIpc) is 3.49. The van der Waals surface area contributed by atoms with Crippen LogP contribution in [0, 0.1) is 20.8 Å². The van der Waals surface area contributed by atoms with E-state index in [0.29, 0.717) is 29.4 Å². The van der Waals surface area contributed by atoms with Gasteiger partial charge in [0.25, 0.3) is 5.91 Å². The zero-order valence-electron chi connectivity index (χ0n) is 24.1. The molecule has 0 bridgehead atoms. The lowest BCUT2D eigenvalue weighted by atomic mass is 10.0. The fourth-order valence-corrected chi connectivity index (χ4v) is 4.45. The number of carbonyl (C=O) groups is 2. The molecule has 0 unspecified atom stereocenters. The number of aromatic nitrogens is 2. The maximum absolute atomic E-state index is 13.0. The van der Waals surface area contributed by atoms with E-state index >= 15 is 0 Å². The van der Waals surface area contributed by atoms with Crippen LogP contribution in [-0.2, 0) is 29.2 Å². The molecule has 0 spiro atoms. The first-order valence-electron chi connectivity index (χ1n) is 13.5. The van der Waals surface area contributed by atoms with Crippen LogP contribution in [0.1, 0.15) is 39.1 Å². The van der Waals surface area contributed by atoms with Crippen LogP contribution >= 0.6 is 0 Å². The minimum absolute atomic E-state index is 0.0784. The van der Waals surface area contributed by atoms with Crippen LogP contribution in [0.2, 0.25) is 0 Å². The first-order chi connectivity index (χ1) is 20.3. The molecule has 218 valence electrons. The van der Waals surface area contributed by atoms with Crippen molar-refractivity contribution in [1.29, 1.82) is 0 Å². The van der Waals surface area contributed by atoms with Gasteiger partial charge in [-0.15, -0.1) is 0 Å². The third kappa shape index (κ3) is 8.44. The highest BCUT2D eigenvalue weighted by Gasteiger charge is 2.22. The van der Waals surface area contributed by atoms with Gasteiger partial charge in [0.2, 0.25) is 0 Å². The molecule has 2 amide bonds. The lowest BCUT2D eigenvalue weighted by Crippen LogP contribution is -2.47. The molecule has 1 aromatic heterocycles. The number of benzene rings is 3. The van der Waals surface area contributed by atoms with Crippen LogP contribution in [0.3, 0.4) is 0 Å². The Morgan fingerprint density at radius 3 is 2.45 bits per heavy atom. The van der Waals surface area contributed by atoms with E-state index in [1.54, 1.807) is 25.4 Å². The van der Waals surface area contributed by atoms with Gasteiger partial charge in [0.1, 0.15) is 19.3 Å². The van der Waals surface area contributed by atoms with E-state index in [1.807, 2.05) is 36.4 Å². The predicted octanol–water partition coefficient (Wildman–Crippen LogP) is 4.91. The summed E-state index contributed by atoms with van der Waals surface area (Å²) in [5.74, 6) is 0.608. The quantitative estimate of drug-likeness (QED) is 0.164. The van der Waals surface area contributed by atoms with Crippen LogP contribution in [0.25, 0.3) is 0 Å². The molecule has 3 aromatic carbocycles. The van der Waals surface area contributed by atoms with Gasteiger partial charge in [-0.25, -0.2) is 15.2 Å². The summed E-state index contributed by atoms with van der Waals surface area (Å²) in [5.41, 5.74) is 9.38. The van der Waals surface area contributed by atoms with Gasteiger partial charge in [-0.05, 0) is 66.8 Å². The Kier molecular flexibility index (Phi) is 10.3. The minimum Gasteiger partial charge on any atom is -0.493 e. The Labute approximate surface area is 245 Å².